The largest absolute Gasteiger partial charge is 0.0622 e. The predicted molar refractivity (Wildman–Crippen MR) is 261 cm³/mol. The van der Waals surface area contributed by atoms with Gasteiger partial charge in [-0.3, -0.25) is 0 Å². The Morgan fingerprint density at radius 2 is 0.254 bits per heavy atom. The van der Waals surface area contributed by atoms with Crippen LogP contribution in [-0.2, 0) is 17.3 Å². The van der Waals surface area contributed by atoms with E-state index in [4.69, 9.17) is 0 Å². The molecule has 0 saturated heterocycles. The number of rotatable bonds is 9. The molecule has 0 aliphatic rings. The van der Waals surface area contributed by atoms with E-state index < -0.39 is 23.8 Å². The standard InChI is InChI=1S/3C18H15P.ClH.Rh/c3*1-4-10-16(11-5-1)19(17-12-6-2-7-13-17)18-14-8-3-9-15-18;;/h3*1-15H;1H;/q;;;;+1/p-1. The van der Waals surface area contributed by atoms with Gasteiger partial charge in [-0.15, -0.1) is 0 Å². The van der Waals surface area contributed by atoms with Gasteiger partial charge >= 0.3 is 27.0 Å². The average molecular weight is 925 g/mol. The molecule has 0 unspecified atom stereocenters. The molecule has 9 aromatic carbocycles. The van der Waals surface area contributed by atoms with Gasteiger partial charge in [0, 0.05) is 0 Å². The molecule has 0 fully saturated rings. The van der Waals surface area contributed by atoms with Crippen LogP contribution in [0.4, 0.5) is 0 Å². The Bertz CT molecular complexity index is 1870. The monoisotopic (exact) mass is 924 g/mol. The summed E-state index contributed by atoms with van der Waals surface area (Å²) in [7, 11) is 3.19. The van der Waals surface area contributed by atoms with Crippen LogP contribution in [0.5, 0.6) is 0 Å². The average Bonchev–Trinajstić information content (AvgIpc) is 3.34. The predicted octanol–water partition coefficient (Wildman–Crippen LogP) is 11.0. The van der Waals surface area contributed by atoms with Crippen LogP contribution in [0.25, 0.3) is 0 Å². The summed E-state index contributed by atoms with van der Waals surface area (Å²) in [6.07, 6.45) is 0. The fourth-order valence-electron chi connectivity index (χ4n) is 6.54. The first-order valence-electron chi connectivity index (χ1n) is 19.3. The van der Waals surface area contributed by atoms with E-state index >= 15 is 0 Å². The number of halogens is 1. The van der Waals surface area contributed by atoms with Crippen molar-refractivity contribution in [3.05, 3.63) is 273 Å². The number of hydrogen-bond acceptors (Lipinski definition) is 0. The summed E-state index contributed by atoms with van der Waals surface area (Å²) in [5, 5.41) is 12.6. The minimum Gasteiger partial charge on any atom is -0.0622 e. The van der Waals surface area contributed by atoms with E-state index in [2.05, 4.69) is 283 Å². The normalized spacial score (nSPS) is 10.3. The first-order chi connectivity index (χ1) is 29.3. The molecule has 0 amide bonds. The molecule has 0 aromatic heterocycles. The summed E-state index contributed by atoms with van der Waals surface area (Å²) in [6, 6.07) is 97.0. The van der Waals surface area contributed by atoms with E-state index in [9.17, 15) is 0 Å². The molecule has 0 aliphatic heterocycles. The molecule has 0 spiro atoms. The van der Waals surface area contributed by atoms with Crippen LogP contribution in [0.3, 0.4) is 0 Å². The van der Waals surface area contributed by atoms with Gasteiger partial charge in [0.15, 0.2) is 0 Å². The molecule has 0 atom stereocenters. The summed E-state index contributed by atoms with van der Waals surface area (Å²) in [5.41, 5.74) is 0. The molecule has 9 aromatic rings. The van der Waals surface area contributed by atoms with Gasteiger partial charge in [0.1, 0.15) is 0 Å². The van der Waals surface area contributed by atoms with Gasteiger partial charge in [0.25, 0.3) is 0 Å². The molecule has 5 heteroatoms. The van der Waals surface area contributed by atoms with Gasteiger partial charge in [-0.1, -0.05) is 273 Å². The summed E-state index contributed by atoms with van der Waals surface area (Å²) in [4.78, 5) is 0. The Kier molecular flexibility index (Phi) is 18.5. The molecule has 0 saturated carbocycles. The third kappa shape index (κ3) is 13.1. The number of benzene rings is 9. The van der Waals surface area contributed by atoms with E-state index in [0.29, 0.717) is 0 Å². The minimum atomic E-state index is -0.446. The zero-order chi connectivity index (χ0) is 40.7. The van der Waals surface area contributed by atoms with Crippen LogP contribution >= 0.6 is 33.5 Å². The molecule has 292 valence electrons. The maximum atomic E-state index is 4.53. The fourth-order valence-corrected chi connectivity index (χ4v) is 13.5. The second-order valence-corrected chi connectivity index (χ2v) is 19.7. The van der Waals surface area contributed by atoms with Crippen LogP contribution in [-0.4, -0.2) is 0 Å². The van der Waals surface area contributed by atoms with Crippen molar-refractivity contribution in [2.75, 3.05) is 0 Å². The zero-order valence-corrected chi connectivity index (χ0v) is 37.6. The van der Waals surface area contributed by atoms with Crippen molar-refractivity contribution in [3.8, 4) is 0 Å². The maximum Gasteiger partial charge on any atom is -0.0134 e. The summed E-state index contributed by atoms with van der Waals surface area (Å²) in [5.74, 6) is 0. The molecule has 0 N–H and O–H groups in total. The second-order valence-electron chi connectivity index (χ2n) is 13.0. The quantitative estimate of drug-likeness (QED) is 0.1000. The minimum absolute atomic E-state index is 0.446. The molecule has 0 heterocycles. The third-order valence-corrected chi connectivity index (χ3v) is 16.5. The smallest absolute Gasteiger partial charge is 0.0134 e. The van der Waals surface area contributed by atoms with E-state index in [-0.39, 0.29) is 0 Å². The maximum absolute atomic E-state index is 4.53. The molecule has 0 bridgehead atoms. The Morgan fingerprint density at radius 3 is 0.339 bits per heavy atom. The van der Waals surface area contributed by atoms with Gasteiger partial charge in [0.05, 0.1) is 0 Å². The van der Waals surface area contributed by atoms with Gasteiger partial charge in [-0.25, -0.2) is 0 Å². The van der Waals surface area contributed by atoms with Crippen molar-refractivity contribution in [3.63, 3.8) is 0 Å². The van der Waals surface area contributed by atoms with Crippen LogP contribution in [0.1, 0.15) is 0 Å². The van der Waals surface area contributed by atoms with Gasteiger partial charge in [0.2, 0.25) is 0 Å². The second kappa shape index (κ2) is 25.0. The molecular weight excluding hydrogens is 880 g/mol. The molecule has 0 aliphatic carbocycles. The van der Waals surface area contributed by atoms with E-state index in [1.165, 1.54) is 47.7 Å². The Morgan fingerprint density at radius 1 is 0.169 bits per heavy atom. The molecule has 0 nitrogen and oxygen atoms in total. The first kappa shape index (κ1) is 43.8. The Hall–Kier alpha value is -4.82. The van der Waals surface area contributed by atoms with Crippen molar-refractivity contribution < 1.29 is 17.3 Å². The Balaban J connectivity index is 0.000000146. The first-order valence-corrected chi connectivity index (χ1v) is 25.5. The van der Waals surface area contributed by atoms with Gasteiger partial charge < -0.3 is 0 Å². The van der Waals surface area contributed by atoms with E-state index in [1.54, 1.807) is 0 Å². The summed E-state index contributed by atoms with van der Waals surface area (Å²) >= 11 is 2.02. The van der Waals surface area contributed by atoms with Gasteiger partial charge in [-0.2, -0.15) is 0 Å². The van der Waals surface area contributed by atoms with Crippen LogP contribution in [0.15, 0.2) is 273 Å². The third-order valence-electron chi connectivity index (χ3n) is 9.13. The zero-order valence-electron chi connectivity index (χ0n) is 32.5. The molecular formula is C54H45ClP3Rh. The van der Waals surface area contributed by atoms with Crippen LogP contribution in [0, 0.1) is 0 Å². The molecule has 0 radical (unpaired) electrons. The van der Waals surface area contributed by atoms with Crippen molar-refractivity contribution >= 4 is 81.2 Å². The summed E-state index contributed by atoms with van der Waals surface area (Å²) in [6.45, 7) is 0. The van der Waals surface area contributed by atoms with Gasteiger partial charge in [-0.05, 0) is 71.5 Å². The molecule has 9 rings (SSSR count). The summed E-state index contributed by atoms with van der Waals surface area (Å²) < 4.78 is 0. The Labute approximate surface area is 369 Å². The van der Waals surface area contributed by atoms with Crippen LogP contribution in [0.2, 0.25) is 0 Å². The molecule has 59 heavy (non-hydrogen) atoms. The van der Waals surface area contributed by atoms with Crippen molar-refractivity contribution in [1.82, 2.24) is 0 Å². The van der Waals surface area contributed by atoms with Crippen molar-refractivity contribution in [2.45, 2.75) is 0 Å². The van der Waals surface area contributed by atoms with Crippen molar-refractivity contribution in [2.24, 2.45) is 0 Å². The van der Waals surface area contributed by atoms with E-state index in [1.807, 2.05) is 17.3 Å². The fraction of sp³-hybridized carbons (Fsp3) is 0. The van der Waals surface area contributed by atoms with E-state index in [0.717, 1.165) is 0 Å². The SMILES string of the molecule is [Cl][Rh].c1ccc(P(c2ccccc2)c2ccccc2)cc1.c1ccc(P(c2ccccc2)c2ccccc2)cc1.c1ccc(P(c2ccccc2)c2ccccc2)cc1. The topological polar surface area (TPSA) is 0 Å². The van der Waals surface area contributed by atoms with Crippen LogP contribution < -0.4 is 47.7 Å². The van der Waals surface area contributed by atoms with Crippen molar-refractivity contribution in [1.29, 1.82) is 0 Å². The number of hydrogen-bond donors (Lipinski definition) is 0.